The molecule has 0 fully saturated rings. The van der Waals surface area contributed by atoms with Gasteiger partial charge in [-0.1, -0.05) is 30.3 Å². The van der Waals surface area contributed by atoms with Crippen LogP contribution in [-0.4, -0.2) is 24.9 Å². The number of aromatic hydroxyl groups is 1. The lowest BCUT2D eigenvalue weighted by Gasteiger charge is -2.25. The van der Waals surface area contributed by atoms with Crippen LogP contribution in [0.15, 0.2) is 48.8 Å². The van der Waals surface area contributed by atoms with Crippen molar-refractivity contribution in [1.82, 2.24) is 19.7 Å². The number of nitrogens with two attached hydrogens (primary N) is 1. The van der Waals surface area contributed by atoms with Gasteiger partial charge in [-0.3, -0.25) is 0 Å². The van der Waals surface area contributed by atoms with Crippen LogP contribution in [0.2, 0.25) is 0 Å². The molecule has 9 heteroatoms. The van der Waals surface area contributed by atoms with Gasteiger partial charge in [0.2, 0.25) is 0 Å². The Balaban J connectivity index is 1.64. The van der Waals surface area contributed by atoms with E-state index >= 15 is 0 Å². The number of nitrogens with zero attached hydrogens (tertiary/aromatic N) is 4. The summed E-state index contributed by atoms with van der Waals surface area (Å²) in [6, 6.07) is 11.4. The highest BCUT2D eigenvalue weighted by Crippen LogP contribution is 2.40. The van der Waals surface area contributed by atoms with Crippen LogP contribution in [-0.2, 0) is 19.0 Å². The Morgan fingerprint density at radius 2 is 1.84 bits per heavy atom. The van der Waals surface area contributed by atoms with Gasteiger partial charge in [0, 0.05) is 5.56 Å². The van der Waals surface area contributed by atoms with Gasteiger partial charge in [0.25, 0.3) is 0 Å². The smallest absolute Gasteiger partial charge is 0.419 e. The molecule has 1 atom stereocenters. The molecule has 0 bridgehead atoms. The van der Waals surface area contributed by atoms with Gasteiger partial charge in [0.1, 0.15) is 23.6 Å². The predicted octanol–water partition coefficient (Wildman–Crippen LogP) is 4.53. The lowest BCUT2D eigenvalue weighted by Crippen LogP contribution is -2.20. The number of hydrogen-bond donors (Lipinski definition) is 2. The largest absolute Gasteiger partial charge is 0.507 e. The molecule has 0 saturated carbocycles. The van der Waals surface area contributed by atoms with E-state index in [2.05, 4.69) is 22.1 Å². The van der Waals surface area contributed by atoms with Gasteiger partial charge in [-0.25, -0.2) is 14.6 Å². The molecular formula is C22H18F3N5O. The SMILES string of the molecule is Nc1ncnc2c1c(-c1ccc(C(F)(F)F)c(O)c1)nn2C1CCc2ccccc2C1. The van der Waals surface area contributed by atoms with E-state index in [1.807, 2.05) is 12.1 Å². The zero-order valence-electron chi connectivity index (χ0n) is 16.3. The number of rotatable bonds is 2. The van der Waals surface area contributed by atoms with Gasteiger partial charge in [0.05, 0.1) is 17.0 Å². The first-order chi connectivity index (χ1) is 14.8. The zero-order chi connectivity index (χ0) is 21.8. The van der Waals surface area contributed by atoms with Gasteiger partial charge >= 0.3 is 6.18 Å². The van der Waals surface area contributed by atoms with E-state index in [0.717, 1.165) is 31.4 Å². The highest BCUT2D eigenvalue weighted by atomic mass is 19.4. The molecule has 1 aliphatic carbocycles. The minimum Gasteiger partial charge on any atom is -0.507 e. The Hall–Kier alpha value is -3.62. The second-order valence-corrected chi connectivity index (χ2v) is 7.65. The first-order valence-electron chi connectivity index (χ1n) is 9.79. The third-order valence-corrected chi connectivity index (χ3v) is 5.76. The Bertz CT molecular complexity index is 1300. The fraction of sp³-hybridized carbons (Fsp3) is 0.227. The molecule has 0 radical (unpaired) electrons. The Morgan fingerprint density at radius 3 is 2.58 bits per heavy atom. The van der Waals surface area contributed by atoms with Gasteiger partial charge in [-0.15, -0.1) is 0 Å². The standard InChI is InChI=1S/C22H18F3N5O/c23-22(24,25)16-8-6-14(10-17(16)31)19-18-20(26)27-11-28-21(18)30(29-19)15-7-5-12-3-1-2-4-13(12)9-15/h1-4,6,8,10-11,15,31H,5,7,9H2,(H2,26,27,28). The molecule has 158 valence electrons. The molecule has 3 N–H and O–H groups in total. The van der Waals surface area contributed by atoms with Crippen LogP contribution in [0, 0.1) is 0 Å². The molecule has 6 nitrogen and oxygen atoms in total. The number of fused-ring (bicyclic) bond motifs is 2. The van der Waals surface area contributed by atoms with Crippen LogP contribution in [0.25, 0.3) is 22.3 Å². The molecule has 0 amide bonds. The van der Waals surface area contributed by atoms with Crippen molar-refractivity contribution in [2.45, 2.75) is 31.5 Å². The summed E-state index contributed by atoms with van der Waals surface area (Å²) in [5, 5.41) is 15.1. The highest BCUT2D eigenvalue weighted by molar-refractivity contribution is 5.98. The van der Waals surface area contributed by atoms with Gasteiger partial charge < -0.3 is 10.8 Å². The third-order valence-electron chi connectivity index (χ3n) is 5.76. The van der Waals surface area contributed by atoms with Crippen molar-refractivity contribution in [1.29, 1.82) is 0 Å². The number of phenols is 1. The van der Waals surface area contributed by atoms with Crippen molar-refractivity contribution in [3.8, 4) is 17.0 Å². The van der Waals surface area contributed by atoms with E-state index in [9.17, 15) is 18.3 Å². The van der Waals surface area contributed by atoms with E-state index in [0.29, 0.717) is 22.3 Å². The number of anilines is 1. The number of hydrogen-bond acceptors (Lipinski definition) is 5. The summed E-state index contributed by atoms with van der Waals surface area (Å²) in [6.45, 7) is 0. The summed E-state index contributed by atoms with van der Waals surface area (Å²) in [4.78, 5) is 8.40. The fourth-order valence-electron chi connectivity index (χ4n) is 4.26. The van der Waals surface area contributed by atoms with Crippen LogP contribution < -0.4 is 5.73 Å². The van der Waals surface area contributed by atoms with Gasteiger partial charge in [-0.2, -0.15) is 18.3 Å². The molecule has 5 rings (SSSR count). The Kier molecular flexibility index (Phi) is 4.35. The maximum absolute atomic E-state index is 13.0. The van der Waals surface area contributed by atoms with E-state index in [1.54, 1.807) is 4.68 Å². The van der Waals surface area contributed by atoms with Crippen molar-refractivity contribution in [2.75, 3.05) is 5.73 Å². The minimum atomic E-state index is -4.65. The van der Waals surface area contributed by atoms with Crippen LogP contribution in [0.4, 0.5) is 19.0 Å². The minimum absolute atomic E-state index is 0.0171. The average molecular weight is 425 g/mol. The van der Waals surface area contributed by atoms with Crippen LogP contribution in [0.1, 0.15) is 29.2 Å². The maximum Gasteiger partial charge on any atom is 0.419 e. The molecule has 1 aliphatic rings. The molecule has 4 aromatic rings. The van der Waals surface area contributed by atoms with Crippen LogP contribution >= 0.6 is 0 Å². The topological polar surface area (TPSA) is 89.8 Å². The summed E-state index contributed by atoms with van der Waals surface area (Å²) in [5.41, 5.74) is 8.71. The molecule has 31 heavy (non-hydrogen) atoms. The second kappa shape index (κ2) is 6.97. The fourth-order valence-corrected chi connectivity index (χ4v) is 4.26. The molecule has 0 saturated heterocycles. The number of nitrogen functional groups attached to an aromatic ring is 1. The molecule has 0 aliphatic heterocycles. The predicted molar refractivity (Wildman–Crippen MR) is 109 cm³/mol. The quantitative estimate of drug-likeness (QED) is 0.493. The zero-order valence-corrected chi connectivity index (χ0v) is 16.3. The normalized spacial score (nSPS) is 16.4. The van der Waals surface area contributed by atoms with Gasteiger partial charge in [0.15, 0.2) is 5.65 Å². The van der Waals surface area contributed by atoms with E-state index in [1.165, 1.54) is 23.5 Å². The number of phenolic OH excluding ortho intramolecular Hbond substituents is 1. The number of aryl methyl sites for hydroxylation is 1. The number of alkyl halides is 3. The molecule has 2 heterocycles. The molecule has 1 unspecified atom stereocenters. The van der Waals surface area contributed by atoms with Crippen molar-refractivity contribution < 1.29 is 18.3 Å². The lowest BCUT2D eigenvalue weighted by atomic mass is 9.88. The average Bonchev–Trinajstić information content (AvgIpc) is 3.13. The Morgan fingerprint density at radius 1 is 1.06 bits per heavy atom. The second-order valence-electron chi connectivity index (χ2n) is 7.65. The van der Waals surface area contributed by atoms with Crippen LogP contribution in [0.5, 0.6) is 5.75 Å². The first-order valence-corrected chi connectivity index (χ1v) is 9.79. The van der Waals surface area contributed by atoms with Crippen molar-refractivity contribution in [2.24, 2.45) is 0 Å². The molecular weight excluding hydrogens is 407 g/mol. The molecule has 2 aromatic carbocycles. The maximum atomic E-state index is 13.0. The highest BCUT2D eigenvalue weighted by Gasteiger charge is 2.34. The Labute approximate surface area is 175 Å². The van der Waals surface area contributed by atoms with E-state index < -0.39 is 17.5 Å². The molecule has 2 aromatic heterocycles. The van der Waals surface area contributed by atoms with Gasteiger partial charge in [-0.05, 0) is 42.5 Å². The number of aromatic nitrogens is 4. The van der Waals surface area contributed by atoms with E-state index in [-0.39, 0.29) is 11.9 Å². The summed E-state index contributed by atoms with van der Waals surface area (Å²) in [5.74, 6) is -0.684. The summed E-state index contributed by atoms with van der Waals surface area (Å²) in [6.07, 6.45) is -0.814. The summed E-state index contributed by atoms with van der Waals surface area (Å²) >= 11 is 0. The van der Waals surface area contributed by atoms with Crippen molar-refractivity contribution >= 4 is 16.9 Å². The summed E-state index contributed by atoms with van der Waals surface area (Å²) in [7, 11) is 0. The van der Waals surface area contributed by atoms with E-state index in [4.69, 9.17) is 10.8 Å². The van der Waals surface area contributed by atoms with Crippen molar-refractivity contribution in [3.63, 3.8) is 0 Å². The number of halogens is 3. The molecule has 0 spiro atoms. The third kappa shape index (κ3) is 3.26. The lowest BCUT2D eigenvalue weighted by molar-refractivity contribution is -0.138. The van der Waals surface area contributed by atoms with Crippen molar-refractivity contribution in [3.05, 3.63) is 65.5 Å². The first kappa shape index (κ1) is 19.3. The monoisotopic (exact) mass is 425 g/mol. The summed E-state index contributed by atoms with van der Waals surface area (Å²) < 4.78 is 40.9. The number of benzene rings is 2. The van der Waals surface area contributed by atoms with Crippen LogP contribution in [0.3, 0.4) is 0 Å².